The van der Waals surface area contributed by atoms with Gasteiger partial charge in [-0.1, -0.05) is 41.5 Å². The third-order valence-electron chi connectivity index (χ3n) is 10.7. The number of nitrogens with zero attached hydrogens (tertiary/aromatic N) is 3. The standard InChI is InChI=1S/C26H39N3O4.2C2H6/c1-25-10-8-17(16-33-3)12-18(25)4-5-20-21-6-7-23(26(21,2)11-9-22(20)25)24(30)15-28-14-19(13-27-28)29(31)32;2*1-2/h13-14,17-18,20-23H,4-12,15-16H2,1-3H3;2*1-2H3/t17?,18?,20?,21?,22?,23-,25?,26?;;/m1../s1. The maximum atomic E-state index is 13.4. The van der Waals surface area contributed by atoms with E-state index in [-0.39, 0.29) is 29.3 Å². The lowest BCUT2D eigenvalue weighted by Gasteiger charge is -2.61. The molecule has 8 atom stereocenters. The molecule has 0 N–H and O–H groups in total. The van der Waals surface area contributed by atoms with E-state index in [9.17, 15) is 14.9 Å². The Hall–Kier alpha value is -1.76. The molecule has 7 nitrogen and oxygen atoms in total. The van der Waals surface area contributed by atoms with Gasteiger partial charge in [-0.3, -0.25) is 19.6 Å². The topological polar surface area (TPSA) is 87.3 Å². The van der Waals surface area contributed by atoms with Crippen LogP contribution in [0.15, 0.2) is 12.4 Å². The van der Waals surface area contributed by atoms with Crippen LogP contribution in [0, 0.1) is 56.5 Å². The van der Waals surface area contributed by atoms with Gasteiger partial charge in [0.05, 0.1) is 4.92 Å². The number of nitro groups is 1. The van der Waals surface area contributed by atoms with Crippen molar-refractivity contribution in [3.05, 3.63) is 22.5 Å². The maximum absolute atomic E-state index is 13.4. The van der Waals surface area contributed by atoms with E-state index < -0.39 is 4.92 Å². The number of methoxy groups -OCH3 is 1. The summed E-state index contributed by atoms with van der Waals surface area (Å²) in [6.45, 7) is 14.0. The van der Waals surface area contributed by atoms with Gasteiger partial charge in [-0.05, 0) is 98.2 Å². The normalized spacial score (nSPS) is 38.0. The minimum absolute atomic E-state index is 0.0506. The van der Waals surface area contributed by atoms with E-state index in [1.807, 2.05) is 34.8 Å². The van der Waals surface area contributed by atoms with Crippen molar-refractivity contribution in [1.82, 2.24) is 9.78 Å². The Bertz CT molecular complexity index is 916. The Morgan fingerprint density at radius 3 is 2.38 bits per heavy atom. The molecule has 4 fully saturated rings. The van der Waals surface area contributed by atoms with Crippen LogP contribution in [0.1, 0.15) is 99.3 Å². The summed E-state index contributed by atoms with van der Waals surface area (Å²) in [5, 5.41) is 15.0. The average molecular weight is 518 g/mol. The molecule has 0 aromatic carbocycles. The highest BCUT2D eigenvalue weighted by Gasteiger charge is 2.61. The molecular formula is C30H51N3O4. The lowest BCUT2D eigenvalue weighted by Crippen LogP contribution is -2.54. The highest BCUT2D eigenvalue weighted by molar-refractivity contribution is 5.82. The number of Topliss-reactive ketones (excluding diaryl/α,β-unsaturated/α-hetero) is 1. The van der Waals surface area contributed by atoms with Gasteiger partial charge < -0.3 is 4.74 Å². The van der Waals surface area contributed by atoms with Gasteiger partial charge in [0, 0.05) is 19.6 Å². The monoisotopic (exact) mass is 517 g/mol. The van der Waals surface area contributed by atoms with E-state index in [1.165, 1.54) is 55.6 Å². The van der Waals surface area contributed by atoms with Crippen molar-refractivity contribution < 1.29 is 14.5 Å². The van der Waals surface area contributed by atoms with E-state index in [0.717, 1.165) is 49.5 Å². The van der Waals surface area contributed by atoms with Crippen molar-refractivity contribution in [2.75, 3.05) is 13.7 Å². The highest BCUT2D eigenvalue weighted by atomic mass is 16.6. The van der Waals surface area contributed by atoms with Crippen LogP contribution in [0.2, 0.25) is 0 Å². The summed E-state index contributed by atoms with van der Waals surface area (Å²) in [5.74, 6) is 3.97. The van der Waals surface area contributed by atoms with E-state index in [4.69, 9.17) is 4.74 Å². The van der Waals surface area contributed by atoms with E-state index in [1.54, 1.807) is 0 Å². The molecule has 0 amide bonds. The fraction of sp³-hybridized carbons (Fsp3) is 0.867. The molecule has 37 heavy (non-hydrogen) atoms. The van der Waals surface area contributed by atoms with Crippen molar-refractivity contribution >= 4 is 11.5 Å². The maximum Gasteiger partial charge on any atom is 0.307 e. The van der Waals surface area contributed by atoms with Crippen LogP contribution < -0.4 is 0 Å². The Balaban J connectivity index is 0.000000907. The predicted octanol–water partition coefficient (Wildman–Crippen LogP) is 7.33. The molecule has 7 unspecified atom stereocenters. The molecule has 0 spiro atoms. The van der Waals surface area contributed by atoms with Crippen molar-refractivity contribution in [3.63, 3.8) is 0 Å². The first kappa shape index (κ1) is 29.8. The molecule has 0 saturated heterocycles. The van der Waals surface area contributed by atoms with Crippen molar-refractivity contribution in [3.8, 4) is 0 Å². The number of ketones is 1. The lowest BCUT2D eigenvalue weighted by molar-refractivity contribution is -0.385. The molecule has 4 saturated carbocycles. The lowest BCUT2D eigenvalue weighted by atomic mass is 9.44. The van der Waals surface area contributed by atoms with Crippen LogP contribution in [-0.2, 0) is 16.1 Å². The first-order valence-corrected chi connectivity index (χ1v) is 14.9. The largest absolute Gasteiger partial charge is 0.384 e. The molecule has 210 valence electrons. The van der Waals surface area contributed by atoms with Gasteiger partial charge in [0.15, 0.2) is 5.78 Å². The number of fused-ring (bicyclic) bond motifs is 5. The second-order valence-electron chi connectivity index (χ2n) is 12.0. The Morgan fingerprint density at radius 2 is 1.73 bits per heavy atom. The molecule has 1 heterocycles. The first-order chi connectivity index (χ1) is 17.8. The summed E-state index contributed by atoms with van der Waals surface area (Å²) in [6.07, 6.45) is 13.7. The molecule has 4 aliphatic rings. The summed E-state index contributed by atoms with van der Waals surface area (Å²) in [5.41, 5.74) is 0.460. The molecule has 0 radical (unpaired) electrons. The van der Waals surface area contributed by atoms with Crippen LogP contribution >= 0.6 is 0 Å². The predicted molar refractivity (Wildman–Crippen MR) is 147 cm³/mol. The van der Waals surface area contributed by atoms with Crippen LogP contribution in [0.5, 0.6) is 0 Å². The number of carbonyl (C=O) groups excluding carboxylic acids is 1. The van der Waals surface area contributed by atoms with Crippen LogP contribution in [0.25, 0.3) is 0 Å². The number of aromatic nitrogens is 2. The second kappa shape index (κ2) is 12.4. The quantitative estimate of drug-likeness (QED) is 0.291. The summed E-state index contributed by atoms with van der Waals surface area (Å²) in [6, 6.07) is 0. The number of hydrogen-bond acceptors (Lipinski definition) is 5. The number of carbonyl (C=O) groups is 1. The number of ether oxygens (including phenoxy) is 1. The number of rotatable bonds is 6. The van der Waals surface area contributed by atoms with Gasteiger partial charge >= 0.3 is 5.69 Å². The van der Waals surface area contributed by atoms with Gasteiger partial charge in [0.2, 0.25) is 0 Å². The number of hydrogen-bond donors (Lipinski definition) is 0. The molecule has 7 heteroatoms. The highest BCUT2D eigenvalue weighted by Crippen LogP contribution is 2.67. The zero-order valence-corrected chi connectivity index (χ0v) is 24.4. The zero-order valence-electron chi connectivity index (χ0n) is 24.4. The summed E-state index contributed by atoms with van der Waals surface area (Å²) >= 11 is 0. The van der Waals surface area contributed by atoms with Crippen molar-refractivity contribution in [2.24, 2.45) is 46.3 Å². The summed E-state index contributed by atoms with van der Waals surface area (Å²) in [4.78, 5) is 23.9. The molecule has 0 bridgehead atoms. The molecule has 1 aromatic heterocycles. The fourth-order valence-corrected chi connectivity index (χ4v) is 9.07. The third-order valence-corrected chi connectivity index (χ3v) is 10.7. The zero-order chi connectivity index (χ0) is 27.4. The minimum atomic E-state index is -0.457. The van der Waals surface area contributed by atoms with Gasteiger partial charge in [0.25, 0.3) is 0 Å². The SMILES string of the molecule is CC.CC.COCC1CCC2(C)C(CCC3C2CCC2(C)C3CC[C@@H]2C(=O)Cn2cc([N+](=O)[O-])cn2)C1. The van der Waals surface area contributed by atoms with Gasteiger partial charge in [0.1, 0.15) is 18.9 Å². The summed E-state index contributed by atoms with van der Waals surface area (Å²) in [7, 11) is 1.83. The first-order valence-electron chi connectivity index (χ1n) is 14.9. The van der Waals surface area contributed by atoms with Gasteiger partial charge in [-0.15, -0.1) is 0 Å². The van der Waals surface area contributed by atoms with E-state index in [2.05, 4.69) is 18.9 Å². The molecule has 0 aliphatic heterocycles. The van der Waals surface area contributed by atoms with Crippen LogP contribution in [-0.4, -0.2) is 34.2 Å². The molecule has 5 rings (SSSR count). The van der Waals surface area contributed by atoms with E-state index >= 15 is 0 Å². The van der Waals surface area contributed by atoms with Crippen molar-refractivity contribution in [1.29, 1.82) is 0 Å². The molecule has 4 aliphatic carbocycles. The van der Waals surface area contributed by atoms with Gasteiger partial charge in [-0.2, -0.15) is 5.10 Å². The Kier molecular flexibility index (Phi) is 9.98. The van der Waals surface area contributed by atoms with Crippen LogP contribution in [0.3, 0.4) is 0 Å². The second-order valence-corrected chi connectivity index (χ2v) is 12.0. The molecule has 1 aromatic rings. The van der Waals surface area contributed by atoms with E-state index in [0.29, 0.717) is 11.3 Å². The van der Waals surface area contributed by atoms with Gasteiger partial charge in [-0.25, -0.2) is 0 Å². The average Bonchev–Trinajstić information content (AvgIpc) is 3.51. The smallest absolute Gasteiger partial charge is 0.307 e. The third kappa shape index (κ3) is 5.53. The Labute approximate surface area is 224 Å². The van der Waals surface area contributed by atoms with Crippen molar-refractivity contribution in [2.45, 2.75) is 106 Å². The minimum Gasteiger partial charge on any atom is -0.384 e. The fourth-order valence-electron chi connectivity index (χ4n) is 9.07. The van der Waals surface area contributed by atoms with Crippen LogP contribution in [0.4, 0.5) is 5.69 Å². The molecular weight excluding hydrogens is 466 g/mol. The Morgan fingerprint density at radius 1 is 1.05 bits per heavy atom. The summed E-state index contributed by atoms with van der Waals surface area (Å²) < 4.78 is 6.94.